The van der Waals surface area contributed by atoms with Crippen molar-refractivity contribution >= 4 is 17.7 Å². The van der Waals surface area contributed by atoms with Crippen molar-refractivity contribution in [3.8, 4) is 11.6 Å². The van der Waals surface area contributed by atoms with Gasteiger partial charge in [-0.2, -0.15) is 13.2 Å². The standard InChI is InChI=1S/C17H15F3N4O2S/c18-17(19,20)12-4-1-3-11(9-12)10-27-16-23-22-15(13-5-2-8-26-13)24(16)7-6-14(21)25/h1-5,8-9H,6-7,10H2,(H2,21,25). The number of primary amides is 1. The van der Waals surface area contributed by atoms with E-state index in [1.54, 1.807) is 22.8 Å². The van der Waals surface area contributed by atoms with Crippen molar-refractivity contribution in [1.82, 2.24) is 14.8 Å². The van der Waals surface area contributed by atoms with Crippen molar-refractivity contribution < 1.29 is 22.4 Å². The van der Waals surface area contributed by atoms with E-state index in [4.69, 9.17) is 10.2 Å². The van der Waals surface area contributed by atoms with Crippen molar-refractivity contribution in [2.75, 3.05) is 0 Å². The summed E-state index contributed by atoms with van der Waals surface area (Å²) in [5.74, 6) is 0.671. The van der Waals surface area contributed by atoms with Crippen LogP contribution in [0.5, 0.6) is 0 Å². The van der Waals surface area contributed by atoms with Gasteiger partial charge in [-0.15, -0.1) is 10.2 Å². The van der Waals surface area contributed by atoms with Crippen molar-refractivity contribution in [2.24, 2.45) is 5.73 Å². The molecule has 3 rings (SSSR count). The van der Waals surface area contributed by atoms with E-state index >= 15 is 0 Å². The molecule has 0 aliphatic heterocycles. The quantitative estimate of drug-likeness (QED) is 0.615. The summed E-state index contributed by atoms with van der Waals surface area (Å²) < 4.78 is 45.5. The van der Waals surface area contributed by atoms with Crippen LogP contribution in [0.15, 0.2) is 52.2 Å². The van der Waals surface area contributed by atoms with Crippen LogP contribution in [0.4, 0.5) is 13.2 Å². The Morgan fingerprint density at radius 3 is 2.70 bits per heavy atom. The van der Waals surface area contributed by atoms with Crippen LogP contribution in [-0.2, 0) is 23.3 Å². The summed E-state index contributed by atoms with van der Waals surface area (Å²) in [4.78, 5) is 11.1. The Morgan fingerprint density at radius 2 is 2.04 bits per heavy atom. The van der Waals surface area contributed by atoms with Crippen LogP contribution < -0.4 is 5.73 Å². The van der Waals surface area contributed by atoms with Crippen molar-refractivity contribution in [2.45, 2.75) is 30.1 Å². The maximum atomic E-state index is 12.8. The molecule has 10 heteroatoms. The first-order valence-electron chi connectivity index (χ1n) is 7.89. The number of furan rings is 1. The van der Waals surface area contributed by atoms with Gasteiger partial charge in [-0.1, -0.05) is 30.0 Å². The van der Waals surface area contributed by atoms with Gasteiger partial charge in [0, 0.05) is 18.7 Å². The molecule has 0 aliphatic rings. The molecule has 0 spiro atoms. The molecule has 2 heterocycles. The van der Waals surface area contributed by atoms with E-state index < -0.39 is 17.6 Å². The topological polar surface area (TPSA) is 86.9 Å². The van der Waals surface area contributed by atoms with Gasteiger partial charge in [0.15, 0.2) is 16.7 Å². The largest absolute Gasteiger partial charge is 0.461 e. The summed E-state index contributed by atoms with van der Waals surface area (Å²) in [5, 5.41) is 8.61. The van der Waals surface area contributed by atoms with Crippen LogP contribution in [0, 0.1) is 0 Å². The van der Waals surface area contributed by atoms with E-state index in [1.165, 1.54) is 24.1 Å². The van der Waals surface area contributed by atoms with Gasteiger partial charge >= 0.3 is 6.18 Å². The molecule has 0 unspecified atom stereocenters. The number of nitrogens with zero attached hydrogens (tertiary/aromatic N) is 3. The first kappa shape index (κ1) is 19.0. The zero-order valence-corrected chi connectivity index (χ0v) is 14.8. The van der Waals surface area contributed by atoms with Crippen LogP contribution in [0.25, 0.3) is 11.6 Å². The molecule has 2 aromatic heterocycles. The van der Waals surface area contributed by atoms with Crippen LogP contribution in [0.1, 0.15) is 17.5 Å². The molecule has 27 heavy (non-hydrogen) atoms. The summed E-state index contributed by atoms with van der Waals surface area (Å²) in [6, 6.07) is 8.50. The third-order valence-electron chi connectivity index (χ3n) is 3.66. The summed E-state index contributed by atoms with van der Waals surface area (Å²) in [6.45, 7) is 0.239. The third kappa shape index (κ3) is 4.70. The molecule has 0 saturated carbocycles. The van der Waals surface area contributed by atoms with Gasteiger partial charge < -0.3 is 10.2 Å². The smallest absolute Gasteiger partial charge is 0.416 e. The highest BCUT2D eigenvalue weighted by Crippen LogP contribution is 2.31. The molecule has 0 fully saturated rings. The van der Waals surface area contributed by atoms with Gasteiger partial charge in [0.05, 0.1) is 11.8 Å². The summed E-state index contributed by atoms with van der Waals surface area (Å²) in [6.07, 6.45) is -2.84. The average molecular weight is 396 g/mol. The molecule has 0 bridgehead atoms. The molecule has 0 aliphatic carbocycles. The second kappa shape index (κ2) is 7.87. The lowest BCUT2D eigenvalue weighted by Crippen LogP contribution is -2.15. The van der Waals surface area contributed by atoms with E-state index in [0.29, 0.717) is 22.3 Å². The number of thioether (sulfide) groups is 1. The number of halogens is 3. The Hall–Kier alpha value is -2.75. The molecular formula is C17H15F3N4O2S. The number of aromatic nitrogens is 3. The normalized spacial score (nSPS) is 11.7. The highest BCUT2D eigenvalue weighted by Gasteiger charge is 2.30. The third-order valence-corrected chi connectivity index (χ3v) is 4.70. The monoisotopic (exact) mass is 396 g/mol. The molecular weight excluding hydrogens is 381 g/mol. The van der Waals surface area contributed by atoms with Gasteiger partial charge in [0.1, 0.15) is 0 Å². The molecule has 3 aromatic rings. The summed E-state index contributed by atoms with van der Waals surface area (Å²) >= 11 is 1.22. The number of rotatable bonds is 7. The van der Waals surface area contributed by atoms with Gasteiger partial charge in [-0.25, -0.2) is 0 Å². The number of carbonyl (C=O) groups excluding carboxylic acids is 1. The van der Waals surface area contributed by atoms with Crippen molar-refractivity contribution in [3.05, 3.63) is 53.8 Å². The fourth-order valence-electron chi connectivity index (χ4n) is 2.39. The fourth-order valence-corrected chi connectivity index (χ4v) is 3.30. The number of carbonyl (C=O) groups is 1. The maximum Gasteiger partial charge on any atom is 0.416 e. The Bertz CT molecular complexity index is 923. The molecule has 0 saturated heterocycles. The molecule has 0 atom stereocenters. The van der Waals surface area contributed by atoms with E-state index in [-0.39, 0.29) is 18.7 Å². The molecule has 142 valence electrons. The van der Waals surface area contributed by atoms with Crippen molar-refractivity contribution in [3.63, 3.8) is 0 Å². The molecule has 0 radical (unpaired) electrons. The minimum Gasteiger partial charge on any atom is -0.461 e. The predicted molar refractivity (Wildman–Crippen MR) is 92.5 cm³/mol. The highest BCUT2D eigenvalue weighted by atomic mass is 32.2. The minimum absolute atomic E-state index is 0.0723. The van der Waals surface area contributed by atoms with Gasteiger partial charge in [0.2, 0.25) is 5.91 Å². The van der Waals surface area contributed by atoms with E-state index in [2.05, 4.69) is 10.2 Å². The first-order chi connectivity index (χ1) is 12.8. The van der Waals surface area contributed by atoms with Crippen LogP contribution in [0.3, 0.4) is 0 Å². The number of hydrogen-bond acceptors (Lipinski definition) is 5. The fraction of sp³-hybridized carbons (Fsp3) is 0.235. The van der Waals surface area contributed by atoms with Crippen LogP contribution >= 0.6 is 11.8 Å². The SMILES string of the molecule is NC(=O)CCn1c(SCc2cccc(C(F)(F)F)c2)nnc1-c1ccco1. The number of nitrogens with two attached hydrogens (primary N) is 1. The van der Waals surface area contributed by atoms with Gasteiger partial charge in [-0.3, -0.25) is 9.36 Å². The van der Waals surface area contributed by atoms with E-state index in [0.717, 1.165) is 12.1 Å². The van der Waals surface area contributed by atoms with E-state index in [1.807, 2.05) is 0 Å². The van der Waals surface area contributed by atoms with Crippen LogP contribution in [-0.4, -0.2) is 20.7 Å². The maximum absolute atomic E-state index is 12.8. The zero-order valence-electron chi connectivity index (χ0n) is 13.9. The summed E-state index contributed by atoms with van der Waals surface area (Å²) in [5.41, 5.74) is 5.02. The Balaban J connectivity index is 1.81. The van der Waals surface area contributed by atoms with Crippen molar-refractivity contribution in [1.29, 1.82) is 0 Å². The van der Waals surface area contributed by atoms with Gasteiger partial charge in [-0.05, 0) is 23.8 Å². The number of benzene rings is 1. The lowest BCUT2D eigenvalue weighted by molar-refractivity contribution is -0.137. The zero-order chi connectivity index (χ0) is 19.4. The summed E-state index contributed by atoms with van der Waals surface area (Å²) in [7, 11) is 0. The Morgan fingerprint density at radius 1 is 1.22 bits per heavy atom. The second-order valence-corrected chi connectivity index (χ2v) is 6.58. The minimum atomic E-state index is -4.39. The second-order valence-electron chi connectivity index (χ2n) is 5.64. The number of alkyl halides is 3. The molecule has 6 nitrogen and oxygen atoms in total. The lowest BCUT2D eigenvalue weighted by atomic mass is 10.1. The van der Waals surface area contributed by atoms with E-state index in [9.17, 15) is 18.0 Å². The Kier molecular flexibility index (Phi) is 5.54. The Labute approximate surface area is 156 Å². The average Bonchev–Trinajstić information content (AvgIpc) is 3.27. The number of hydrogen-bond donors (Lipinski definition) is 1. The highest BCUT2D eigenvalue weighted by molar-refractivity contribution is 7.98. The van der Waals surface area contributed by atoms with Gasteiger partial charge in [0.25, 0.3) is 0 Å². The lowest BCUT2D eigenvalue weighted by Gasteiger charge is -2.10. The number of amides is 1. The molecule has 2 N–H and O–H groups in total. The first-order valence-corrected chi connectivity index (χ1v) is 8.87. The molecule has 1 amide bonds. The predicted octanol–water partition coefficient (Wildman–Crippen LogP) is 3.72. The van der Waals surface area contributed by atoms with Crippen LogP contribution in [0.2, 0.25) is 0 Å². The molecule has 1 aromatic carbocycles.